The molecule has 0 saturated heterocycles. The number of hydrogen-bond acceptors (Lipinski definition) is 1. The van der Waals surface area contributed by atoms with Gasteiger partial charge in [-0.1, -0.05) is 11.6 Å². The molecule has 0 fully saturated rings. The molecule has 0 amide bonds. The Balaban J connectivity index is 3.17. The zero-order valence-electron chi connectivity index (χ0n) is 4.98. The quantitative estimate of drug-likeness (QED) is 0.509. The van der Waals surface area contributed by atoms with Crippen LogP contribution in [0.3, 0.4) is 0 Å². The highest BCUT2D eigenvalue weighted by atomic mass is 35.5. The molecular weight excluding hydrogens is 136 g/mol. The first-order valence-corrected chi connectivity index (χ1v) is 2.92. The van der Waals surface area contributed by atoms with Crippen LogP contribution >= 0.6 is 11.6 Å². The van der Waals surface area contributed by atoms with Crippen LogP contribution in [-0.2, 0) is 0 Å². The molecule has 0 spiro atoms. The van der Waals surface area contributed by atoms with Crippen molar-refractivity contribution >= 4 is 17.3 Å². The molecule has 9 heavy (non-hydrogen) atoms. The molecule has 0 aliphatic carbocycles. The molecule has 0 atom stereocenters. The second kappa shape index (κ2) is 2.23. The topological polar surface area (TPSA) is 36.7 Å². The minimum absolute atomic E-state index is 0.273. The van der Waals surface area contributed by atoms with Crippen molar-refractivity contribution in [3.8, 4) is 0 Å². The molecule has 0 bridgehead atoms. The van der Waals surface area contributed by atoms with E-state index in [-0.39, 0.29) is 10.8 Å². The van der Waals surface area contributed by atoms with Gasteiger partial charge in [0.05, 0.1) is 5.69 Å². The Morgan fingerprint density at radius 1 is 1.56 bits per heavy atom. The molecule has 47 valence electrons. The van der Waals surface area contributed by atoms with Gasteiger partial charge < -0.3 is 0 Å². The predicted octanol–water partition coefficient (Wildman–Crippen LogP) is 1.96. The van der Waals surface area contributed by atoms with Gasteiger partial charge in [0.25, 0.3) is 0 Å². The number of halogens is 1. The van der Waals surface area contributed by atoms with E-state index in [4.69, 9.17) is 17.3 Å². The zero-order chi connectivity index (χ0) is 6.85. The Bertz CT molecular complexity index is 222. The lowest BCUT2D eigenvalue weighted by molar-refractivity contribution is 1.19. The Labute approximate surface area is 58.7 Å². The number of rotatable bonds is 0. The van der Waals surface area contributed by atoms with Crippen molar-refractivity contribution in [2.45, 2.75) is 6.92 Å². The van der Waals surface area contributed by atoms with Gasteiger partial charge in [0.15, 0.2) is 5.15 Å². The molecule has 0 aliphatic heterocycles. The Hall–Kier alpha value is -0.760. The fourth-order valence-corrected chi connectivity index (χ4v) is 0.721. The van der Waals surface area contributed by atoms with E-state index in [0.29, 0.717) is 0 Å². The molecule has 1 aromatic rings. The highest BCUT2D eigenvalue weighted by Crippen LogP contribution is 2.15. The maximum Gasteiger partial charge on any atom is 0.154 e. The molecular formula is C6H6ClN2. The first-order valence-electron chi connectivity index (χ1n) is 2.55. The van der Waals surface area contributed by atoms with Gasteiger partial charge in [0.1, 0.15) is 0 Å². The SMILES string of the molecule is Cc1ccc([NH])c(Cl)n1. The average Bonchev–Trinajstić information content (AvgIpc) is 1.80. The number of aromatic nitrogens is 1. The van der Waals surface area contributed by atoms with E-state index in [2.05, 4.69) is 4.98 Å². The largest absolute Gasteiger partial charge is 0.298 e. The summed E-state index contributed by atoms with van der Waals surface area (Å²) >= 11 is 5.52. The average molecular weight is 142 g/mol. The van der Waals surface area contributed by atoms with E-state index in [1.807, 2.05) is 6.92 Å². The van der Waals surface area contributed by atoms with Crippen LogP contribution in [0.1, 0.15) is 5.69 Å². The van der Waals surface area contributed by atoms with Gasteiger partial charge in [0, 0.05) is 5.69 Å². The third-order valence-electron chi connectivity index (χ3n) is 0.988. The van der Waals surface area contributed by atoms with Gasteiger partial charge >= 0.3 is 0 Å². The van der Waals surface area contributed by atoms with Gasteiger partial charge in [-0.3, -0.25) is 5.73 Å². The van der Waals surface area contributed by atoms with Crippen molar-refractivity contribution in [1.82, 2.24) is 10.7 Å². The number of hydrogen-bond donors (Lipinski definition) is 0. The first-order chi connectivity index (χ1) is 4.20. The van der Waals surface area contributed by atoms with Crippen LogP contribution in [0, 0.1) is 6.92 Å². The van der Waals surface area contributed by atoms with Crippen molar-refractivity contribution < 1.29 is 0 Å². The second-order valence-corrected chi connectivity index (χ2v) is 2.15. The van der Waals surface area contributed by atoms with Crippen molar-refractivity contribution in [2.24, 2.45) is 0 Å². The van der Waals surface area contributed by atoms with Crippen LogP contribution in [0.25, 0.3) is 0 Å². The molecule has 1 N–H and O–H groups in total. The number of aryl methyl sites for hydroxylation is 1. The van der Waals surface area contributed by atoms with Gasteiger partial charge in [-0.15, -0.1) is 0 Å². The summed E-state index contributed by atoms with van der Waals surface area (Å²) in [6, 6.07) is 3.39. The lowest BCUT2D eigenvalue weighted by Crippen LogP contribution is -1.81. The molecule has 2 nitrogen and oxygen atoms in total. The molecule has 0 aromatic carbocycles. The van der Waals surface area contributed by atoms with Crippen LogP contribution < -0.4 is 5.73 Å². The van der Waals surface area contributed by atoms with E-state index in [9.17, 15) is 0 Å². The zero-order valence-corrected chi connectivity index (χ0v) is 5.74. The summed E-state index contributed by atoms with van der Waals surface area (Å²) in [7, 11) is 0. The van der Waals surface area contributed by atoms with E-state index in [1.165, 1.54) is 0 Å². The fraction of sp³-hybridized carbons (Fsp3) is 0.167. The van der Waals surface area contributed by atoms with Gasteiger partial charge in [0.2, 0.25) is 0 Å². The van der Waals surface area contributed by atoms with Gasteiger partial charge in [-0.25, -0.2) is 4.98 Å². The lowest BCUT2D eigenvalue weighted by atomic mass is 10.3. The Morgan fingerprint density at radius 3 is 2.67 bits per heavy atom. The molecule has 0 saturated carbocycles. The molecule has 1 radical (unpaired) electrons. The summed E-state index contributed by atoms with van der Waals surface area (Å²) in [5.41, 5.74) is 8.25. The predicted molar refractivity (Wildman–Crippen MR) is 36.7 cm³/mol. The summed E-state index contributed by atoms with van der Waals surface area (Å²) in [6.07, 6.45) is 0. The third-order valence-corrected chi connectivity index (χ3v) is 1.28. The number of nitrogens with zero attached hydrogens (tertiary/aromatic N) is 1. The second-order valence-electron chi connectivity index (χ2n) is 1.79. The maximum absolute atomic E-state index is 7.12. The third kappa shape index (κ3) is 1.33. The molecule has 3 heteroatoms. The summed E-state index contributed by atoms with van der Waals surface area (Å²) in [5, 5.41) is 0.273. The first kappa shape index (κ1) is 6.36. The molecule has 1 rings (SSSR count). The lowest BCUT2D eigenvalue weighted by Gasteiger charge is -1.94. The standard InChI is InChI=1S/C6H6ClN2/c1-4-2-3-5(8)6(7)9-4/h2-3,8H,1H3. The minimum atomic E-state index is 0.273. The molecule has 0 unspecified atom stereocenters. The smallest absolute Gasteiger partial charge is 0.154 e. The van der Waals surface area contributed by atoms with E-state index >= 15 is 0 Å². The summed E-state index contributed by atoms with van der Waals surface area (Å²) in [6.45, 7) is 1.84. The highest BCUT2D eigenvalue weighted by Gasteiger charge is 1.94. The summed E-state index contributed by atoms with van der Waals surface area (Å²) in [5.74, 6) is 0. The van der Waals surface area contributed by atoms with Gasteiger partial charge in [-0.05, 0) is 19.1 Å². The Kier molecular flexibility index (Phi) is 1.58. The van der Waals surface area contributed by atoms with Crippen molar-refractivity contribution in [1.29, 1.82) is 0 Å². The molecule has 1 aromatic heterocycles. The maximum atomic E-state index is 7.12. The van der Waals surface area contributed by atoms with Crippen LogP contribution in [0.2, 0.25) is 5.15 Å². The normalized spacial score (nSPS) is 9.56. The van der Waals surface area contributed by atoms with Crippen molar-refractivity contribution in [3.63, 3.8) is 0 Å². The highest BCUT2D eigenvalue weighted by molar-refractivity contribution is 6.31. The van der Waals surface area contributed by atoms with E-state index < -0.39 is 0 Å². The van der Waals surface area contributed by atoms with Crippen LogP contribution in [0.5, 0.6) is 0 Å². The molecule has 0 aliphatic rings. The van der Waals surface area contributed by atoms with Gasteiger partial charge in [-0.2, -0.15) is 0 Å². The van der Waals surface area contributed by atoms with Crippen molar-refractivity contribution in [3.05, 3.63) is 23.0 Å². The minimum Gasteiger partial charge on any atom is -0.298 e. The van der Waals surface area contributed by atoms with Crippen molar-refractivity contribution in [2.75, 3.05) is 0 Å². The van der Waals surface area contributed by atoms with Crippen LogP contribution in [0.4, 0.5) is 5.69 Å². The van der Waals surface area contributed by atoms with Crippen LogP contribution in [-0.4, -0.2) is 4.98 Å². The van der Waals surface area contributed by atoms with Crippen LogP contribution in [0.15, 0.2) is 12.1 Å². The molecule has 1 heterocycles. The Morgan fingerprint density at radius 2 is 2.22 bits per heavy atom. The monoisotopic (exact) mass is 141 g/mol. The number of pyridine rings is 1. The number of nitrogens with one attached hydrogen (secondary N) is 1. The van der Waals surface area contributed by atoms with E-state index in [0.717, 1.165) is 5.69 Å². The fourth-order valence-electron chi connectivity index (χ4n) is 0.525. The summed E-state index contributed by atoms with van der Waals surface area (Å²) < 4.78 is 0. The van der Waals surface area contributed by atoms with E-state index in [1.54, 1.807) is 12.1 Å². The summed E-state index contributed by atoms with van der Waals surface area (Å²) in [4.78, 5) is 3.85.